The largest absolute Gasteiger partial charge is 0.534 e. The van der Waals surface area contributed by atoms with E-state index in [0.717, 1.165) is 0 Å². The van der Waals surface area contributed by atoms with E-state index in [1.807, 2.05) is 0 Å². The zero-order valence-electron chi connectivity index (χ0n) is 16.9. The Kier molecular flexibility index (Phi) is 6.22. The highest BCUT2D eigenvalue weighted by Gasteiger charge is 2.50. The summed E-state index contributed by atoms with van der Waals surface area (Å²) in [4.78, 5) is 0. The topological polar surface area (TPSA) is 61.8 Å². The molecular formula is C21H20F4O5S. The maximum Gasteiger partial charge on any atom is 0.534 e. The Bertz CT molecular complexity index is 1120. The third kappa shape index (κ3) is 4.34. The van der Waals surface area contributed by atoms with Crippen LogP contribution in [0.3, 0.4) is 0 Å². The third-order valence-electron chi connectivity index (χ3n) is 5.13. The Morgan fingerprint density at radius 2 is 1.77 bits per heavy atom. The molecule has 0 aliphatic heterocycles. The lowest BCUT2D eigenvalue weighted by Crippen LogP contribution is -2.27. The van der Waals surface area contributed by atoms with E-state index in [1.165, 1.54) is 32.4 Å². The highest BCUT2D eigenvalue weighted by Crippen LogP contribution is 2.45. The van der Waals surface area contributed by atoms with Crippen LogP contribution in [0.1, 0.15) is 36.0 Å². The number of allylic oxidation sites excluding steroid dienone is 1. The van der Waals surface area contributed by atoms with Crippen molar-refractivity contribution in [2.45, 2.75) is 31.2 Å². The lowest BCUT2D eigenvalue weighted by Gasteiger charge is -2.30. The Hall–Kier alpha value is -2.75. The normalized spacial score (nSPS) is 16.7. The molecule has 0 aromatic heterocycles. The monoisotopic (exact) mass is 460 g/mol. The Labute approximate surface area is 177 Å². The van der Waals surface area contributed by atoms with Crippen LogP contribution in [0.2, 0.25) is 0 Å². The average Bonchev–Trinajstić information content (AvgIpc) is 2.72. The zero-order chi connectivity index (χ0) is 23.0. The number of ether oxygens (including phenoxy) is 2. The molecule has 31 heavy (non-hydrogen) atoms. The van der Waals surface area contributed by atoms with Gasteiger partial charge in [0.05, 0.1) is 14.2 Å². The molecular weight excluding hydrogens is 440 g/mol. The van der Waals surface area contributed by atoms with E-state index >= 15 is 0 Å². The standard InChI is InChI=1S/C21H20F4O5S/c1-4-15-16(13-6-8-19(29-3)18(22)10-13)9-12-5-7-14(28-2)11-17(12)20(15)30-31(26,27)21(23,24)25/h5-8,10-11,16H,4,9H2,1-3H3. The van der Waals surface area contributed by atoms with Gasteiger partial charge in [-0.1, -0.05) is 19.1 Å². The summed E-state index contributed by atoms with van der Waals surface area (Å²) in [6.07, 6.45) is 0.491. The van der Waals surface area contributed by atoms with Gasteiger partial charge in [0.25, 0.3) is 0 Å². The van der Waals surface area contributed by atoms with Crippen LogP contribution in [-0.4, -0.2) is 28.1 Å². The Morgan fingerprint density at radius 1 is 1.06 bits per heavy atom. The minimum absolute atomic E-state index is 0.0165. The number of hydrogen-bond acceptors (Lipinski definition) is 5. The van der Waals surface area contributed by atoms with Gasteiger partial charge in [-0.15, -0.1) is 0 Å². The van der Waals surface area contributed by atoms with Crippen molar-refractivity contribution in [3.8, 4) is 11.5 Å². The highest BCUT2D eigenvalue weighted by atomic mass is 32.2. The molecule has 2 aromatic rings. The second-order valence-corrected chi connectivity index (χ2v) is 8.40. The Morgan fingerprint density at radius 3 is 2.32 bits per heavy atom. The van der Waals surface area contributed by atoms with Crippen molar-refractivity contribution < 1.29 is 39.6 Å². The molecule has 168 valence electrons. The maximum atomic E-state index is 14.3. The van der Waals surface area contributed by atoms with E-state index in [2.05, 4.69) is 4.18 Å². The zero-order valence-corrected chi connectivity index (χ0v) is 17.7. The van der Waals surface area contributed by atoms with E-state index in [9.17, 15) is 26.0 Å². The molecule has 0 fully saturated rings. The minimum Gasteiger partial charge on any atom is -0.497 e. The number of rotatable bonds is 6. The second kappa shape index (κ2) is 8.41. The summed E-state index contributed by atoms with van der Waals surface area (Å²) in [5, 5.41) is 0. The number of alkyl halides is 3. The number of hydrogen-bond donors (Lipinski definition) is 0. The second-order valence-electron chi connectivity index (χ2n) is 6.86. The van der Waals surface area contributed by atoms with E-state index in [0.29, 0.717) is 28.9 Å². The highest BCUT2D eigenvalue weighted by molar-refractivity contribution is 7.87. The van der Waals surface area contributed by atoms with Crippen LogP contribution in [0.15, 0.2) is 42.0 Å². The van der Waals surface area contributed by atoms with Gasteiger partial charge in [0.2, 0.25) is 0 Å². The van der Waals surface area contributed by atoms with Crippen molar-refractivity contribution >= 4 is 15.9 Å². The first-order valence-electron chi connectivity index (χ1n) is 9.26. The van der Waals surface area contributed by atoms with Gasteiger partial charge in [-0.2, -0.15) is 21.6 Å². The molecule has 0 bridgehead atoms. The molecule has 0 saturated heterocycles. The van der Waals surface area contributed by atoms with Gasteiger partial charge in [0, 0.05) is 11.5 Å². The fourth-order valence-corrected chi connectivity index (χ4v) is 4.14. The molecule has 2 aromatic carbocycles. The summed E-state index contributed by atoms with van der Waals surface area (Å²) in [7, 11) is -3.23. The molecule has 0 heterocycles. The van der Waals surface area contributed by atoms with Gasteiger partial charge in [-0.3, -0.25) is 0 Å². The van der Waals surface area contributed by atoms with Gasteiger partial charge in [-0.25, -0.2) is 4.39 Å². The van der Waals surface area contributed by atoms with Crippen LogP contribution in [0, 0.1) is 5.82 Å². The predicted octanol–water partition coefficient (Wildman–Crippen LogP) is 5.17. The van der Waals surface area contributed by atoms with Crippen LogP contribution < -0.4 is 9.47 Å². The molecule has 1 aliphatic carbocycles. The van der Waals surface area contributed by atoms with Crippen molar-refractivity contribution in [3.05, 3.63) is 64.5 Å². The van der Waals surface area contributed by atoms with E-state index < -0.39 is 33.1 Å². The number of methoxy groups -OCH3 is 2. The summed E-state index contributed by atoms with van der Waals surface area (Å²) in [5.74, 6) is -1.30. The van der Waals surface area contributed by atoms with Crippen molar-refractivity contribution in [2.24, 2.45) is 0 Å². The van der Waals surface area contributed by atoms with Gasteiger partial charge in [0.1, 0.15) is 11.5 Å². The summed E-state index contributed by atoms with van der Waals surface area (Å²) in [6.45, 7) is 1.66. The Balaban J connectivity index is 2.22. The van der Waals surface area contributed by atoms with Crippen molar-refractivity contribution in [1.82, 2.24) is 0 Å². The van der Waals surface area contributed by atoms with Gasteiger partial charge < -0.3 is 13.7 Å². The van der Waals surface area contributed by atoms with Crippen LogP contribution in [0.5, 0.6) is 11.5 Å². The number of halogens is 4. The summed E-state index contributed by atoms with van der Waals surface area (Å²) < 4.78 is 91.9. The molecule has 0 amide bonds. The van der Waals surface area contributed by atoms with E-state index in [1.54, 1.807) is 25.1 Å². The van der Waals surface area contributed by atoms with Crippen molar-refractivity contribution in [2.75, 3.05) is 14.2 Å². The van der Waals surface area contributed by atoms with Gasteiger partial charge in [-0.05, 0) is 53.8 Å². The molecule has 3 rings (SSSR count). The molecule has 1 atom stereocenters. The molecule has 0 radical (unpaired) electrons. The summed E-state index contributed by atoms with van der Waals surface area (Å²) in [5.41, 5.74) is -4.10. The fourth-order valence-electron chi connectivity index (χ4n) is 3.63. The number of benzene rings is 2. The first-order valence-corrected chi connectivity index (χ1v) is 10.7. The van der Waals surface area contributed by atoms with E-state index in [4.69, 9.17) is 9.47 Å². The molecule has 10 heteroatoms. The van der Waals surface area contributed by atoms with Crippen molar-refractivity contribution in [3.63, 3.8) is 0 Å². The lowest BCUT2D eigenvalue weighted by atomic mass is 9.77. The molecule has 0 N–H and O–H groups in total. The maximum absolute atomic E-state index is 14.3. The fraction of sp³-hybridized carbons (Fsp3) is 0.333. The lowest BCUT2D eigenvalue weighted by molar-refractivity contribution is -0.0509. The minimum atomic E-state index is -5.92. The van der Waals surface area contributed by atoms with Gasteiger partial charge in [0.15, 0.2) is 11.6 Å². The quantitative estimate of drug-likeness (QED) is 0.338. The molecule has 5 nitrogen and oxygen atoms in total. The summed E-state index contributed by atoms with van der Waals surface area (Å²) in [6, 6.07) is 8.88. The SMILES string of the molecule is CCC1=C(OS(=O)(=O)C(F)(F)F)c2cc(OC)ccc2CC1c1ccc(OC)c(F)c1. The third-order valence-corrected chi connectivity index (χ3v) is 6.09. The molecule has 0 spiro atoms. The van der Waals surface area contributed by atoms with Crippen LogP contribution in [-0.2, 0) is 20.7 Å². The average molecular weight is 460 g/mol. The van der Waals surface area contributed by atoms with Gasteiger partial charge >= 0.3 is 15.6 Å². The molecule has 1 unspecified atom stereocenters. The first-order chi connectivity index (χ1) is 14.5. The van der Waals surface area contributed by atoms with Crippen molar-refractivity contribution in [1.29, 1.82) is 0 Å². The smallest absolute Gasteiger partial charge is 0.497 e. The van der Waals surface area contributed by atoms with E-state index in [-0.39, 0.29) is 17.7 Å². The van der Waals surface area contributed by atoms with Crippen LogP contribution in [0.4, 0.5) is 17.6 Å². The molecule has 0 saturated carbocycles. The summed E-state index contributed by atoms with van der Waals surface area (Å²) >= 11 is 0. The number of fused-ring (bicyclic) bond motifs is 1. The van der Waals surface area contributed by atoms with Crippen LogP contribution in [0.25, 0.3) is 5.76 Å². The molecule has 1 aliphatic rings. The first kappa shape index (κ1) is 22.9. The predicted molar refractivity (Wildman–Crippen MR) is 106 cm³/mol. The van der Waals surface area contributed by atoms with Crippen LogP contribution >= 0.6 is 0 Å².